The maximum Gasteiger partial charge on any atom is 0.409 e. The highest BCUT2D eigenvalue weighted by Crippen LogP contribution is 2.02. The van der Waals surface area contributed by atoms with Crippen LogP contribution in [0, 0.1) is 0 Å². The molecule has 0 saturated heterocycles. The summed E-state index contributed by atoms with van der Waals surface area (Å²) in [5.41, 5.74) is 0. The van der Waals surface area contributed by atoms with Crippen LogP contribution >= 0.6 is 0 Å². The third-order valence-corrected chi connectivity index (χ3v) is 2.10. The lowest BCUT2D eigenvalue weighted by Crippen LogP contribution is -2.31. The molecule has 3 nitrogen and oxygen atoms in total. The summed E-state index contributed by atoms with van der Waals surface area (Å²) >= 11 is 0. The maximum atomic E-state index is 11.1. The summed E-state index contributed by atoms with van der Waals surface area (Å²) in [7, 11) is 1.43. The van der Waals surface area contributed by atoms with E-state index in [-0.39, 0.29) is 6.09 Å². The predicted molar refractivity (Wildman–Crippen MR) is 53.8 cm³/mol. The average molecular weight is 187 g/mol. The summed E-state index contributed by atoms with van der Waals surface area (Å²) in [4.78, 5) is 12.8. The Hall–Kier alpha value is -0.730. The highest BCUT2D eigenvalue weighted by molar-refractivity contribution is 5.67. The van der Waals surface area contributed by atoms with E-state index in [0.29, 0.717) is 0 Å². The van der Waals surface area contributed by atoms with Crippen molar-refractivity contribution in [2.45, 2.75) is 39.5 Å². The van der Waals surface area contributed by atoms with Gasteiger partial charge in [0.15, 0.2) is 0 Å². The van der Waals surface area contributed by atoms with E-state index in [0.717, 1.165) is 19.5 Å². The molecule has 0 rings (SSSR count). The monoisotopic (exact) mass is 187 g/mol. The van der Waals surface area contributed by atoms with Gasteiger partial charge in [0, 0.05) is 13.1 Å². The van der Waals surface area contributed by atoms with Gasteiger partial charge in [-0.2, -0.15) is 0 Å². The van der Waals surface area contributed by atoms with Gasteiger partial charge in [0.1, 0.15) is 0 Å². The third kappa shape index (κ3) is 5.50. The zero-order valence-electron chi connectivity index (χ0n) is 9.01. The number of carbonyl (C=O) groups is 1. The molecule has 0 N–H and O–H groups in total. The number of ether oxygens (including phenoxy) is 1. The number of hydrogen-bond donors (Lipinski definition) is 0. The SMILES string of the molecule is CCCCCCN(CC)C(=O)OC. The molecule has 0 aromatic heterocycles. The number of unbranched alkanes of at least 4 members (excludes halogenated alkanes) is 3. The number of nitrogens with zero attached hydrogens (tertiary/aromatic N) is 1. The summed E-state index contributed by atoms with van der Waals surface area (Å²) in [6.45, 7) is 5.70. The van der Waals surface area contributed by atoms with Gasteiger partial charge >= 0.3 is 6.09 Å². The first-order valence-corrected chi connectivity index (χ1v) is 5.09. The average Bonchev–Trinajstić information content (AvgIpc) is 2.17. The van der Waals surface area contributed by atoms with Crippen molar-refractivity contribution in [1.82, 2.24) is 4.90 Å². The molecule has 3 heteroatoms. The molecule has 0 atom stereocenters. The van der Waals surface area contributed by atoms with Gasteiger partial charge in [0.25, 0.3) is 0 Å². The fourth-order valence-corrected chi connectivity index (χ4v) is 1.24. The van der Waals surface area contributed by atoms with Gasteiger partial charge in [-0.15, -0.1) is 0 Å². The van der Waals surface area contributed by atoms with E-state index in [9.17, 15) is 4.79 Å². The first-order chi connectivity index (χ1) is 6.26. The van der Waals surface area contributed by atoms with E-state index >= 15 is 0 Å². The Bertz CT molecular complexity index is 137. The van der Waals surface area contributed by atoms with Crippen LogP contribution in [0.25, 0.3) is 0 Å². The largest absolute Gasteiger partial charge is 0.453 e. The second kappa shape index (κ2) is 7.90. The van der Waals surface area contributed by atoms with Gasteiger partial charge in [0.05, 0.1) is 7.11 Å². The van der Waals surface area contributed by atoms with Crippen LogP contribution in [-0.2, 0) is 4.74 Å². The molecule has 0 fully saturated rings. The van der Waals surface area contributed by atoms with E-state index in [1.165, 1.54) is 26.4 Å². The van der Waals surface area contributed by atoms with Gasteiger partial charge < -0.3 is 9.64 Å². The molecular formula is C10H21NO2. The topological polar surface area (TPSA) is 29.5 Å². The molecule has 0 aromatic rings. The summed E-state index contributed by atoms with van der Waals surface area (Å²) in [5.74, 6) is 0. The van der Waals surface area contributed by atoms with Crippen LogP contribution < -0.4 is 0 Å². The van der Waals surface area contributed by atoms with Crippen LogP contribution in [-0.4, -0.2) is 31.2 Å². The summed E-state index contributed by atoms with van der Waals surface area (Å²) in [6.07, 6.45) is 4.54. The van der Waals surface area contributed by atoms with Crippen molar-refractivity contribution in [2.75, 3.05) is 20.2 Å². The van der Waals surface area contributed by atoms with Crippen LogP contribution in [0.4, 0.5) is 4.79 Å². The molecule has 0 heterocycles. The van der Waals surface area contributed by atoms with Gasteiger partial charge in [-0.3, -0.25) is 0 Å². The minimum Gasteiger partial charge on any atom is -0.453 e. The lowest BCUT2D eigenvalue weighted by atomic mass is 10.2. The highest BCUT2D eigenvalue weighted by atomic mass is 16.5. The van der Waals surface area contributed by atoms with Crippen molar-refractivity contribution in [2.24, 2.45) is 0 Å². The first-order valence-electron chi connectivity index (χ1n) is 5.09. The van der Waals surface area contributed by atoms with Crippen LogP contribution in [0.15, 0.2) is 0 Å². The fourth-order valence-electron chi connectivity index (χ4n) is 1.24. The molecule has 0 spiro atoms. The summed E-state index contributed by atoms with van der Waals surface area (Å²) < 4.78 is 4.65. The lowest BCUT2D eigenvalue weighted by Gasteiger charge is -2.18. The Morgan fingerprint density at radius 3 is 2.38 bits per heavy atom. The van der Waals surface area contributed by atoms with Gasteiger partial charge in [0.2, 0.25) is 0 Å². The van der Waals surface area contributed by atoms with Crippen molar-refractivity contribution in [3.8, 4) is 0 Å². The molecule has 1 amide bonds. The molecule has 0 aliphatic rings. The molecule has 0 aliphatic heterocycles. The van der Waals surface area contributed by atoms with Crippen molar-refractivity contribution in [3.05, 3.63) is 0 Å². The Balaban J connectivity index is 3.53. The minimum atomic E-state index is -0.209. The number of rotatable bonds is 6. The maximum absolute atomic E-state index is 11.1. The standard InChI is InChI=1S/C10H21NO2/c1-4-6-7-8-9-11(5-2)10(12)13-3/h4-9H2,1-3H3. The molecule has 0 aromatic carbocycles. The highest BCUT2D eigenvalue weighted by Gasteiger charge is 2.09. The third-order valence-electron chi connectivity index (χ3n) is 2.10. The van der Waals surface area contributed by atoms with Crippen molar-refractivity contribution >= 4 is 6.09 Å². The van der Waals surface area contributed by atoms with Crippen LogP contribution in [0.3, 0.4) is 0 Å². The van der Waals surface area contributed by atoms with Gasteiger partial charge in [-0.05, 0) is 13.3 Å². The fraction of sp³-hybridized carbons (Fsp3) is 0.900. The Morgan fingerprint density at radius 1 is 1.23 bits per heavy atom. The van der Waals surface area contributed by atoms with Crippen molar-refractivity contribution in [1.29, 1.82) is 0 Å². The summed E-state index contributed by atoms with van der Waals surface area (Å²) in [5, 5.41) is 0. The van der Waals surface area contributed by atoms with Crippen LogP contribution in [0.1, 0.15) is 39.5 Å². The van der Waals surface area contributed by atoms with E-state index < -0.39 is 0 Å². The molecule has 0 aliphatic carbocycles. The first kappa shape index (κ1) is 12.3. The number of hydrogen-bond acceptors (Lipinski definition) is 2. The normalized spacial score (nSPS) is 9.77. The van der Waals surface area contributed by atoms with Gasteiger partial charge in [-0.25, -0.2) is 4.79 Å². The van der Waals surface area contributed by atoms with E-state index in [1.54, 1.807) is 4.90 Å². The Labute approximate surface area is 81.1 Å². The molecule has 0 unspecified atom stereocenters. The van der Waals surface area contributed by atoms with Crippen LogP contribution in [0.2, 0.25) is 0 Å². The van der Waals surface area contributed by atoms with Crippen molar-refractivity contribution in [3.63, 3.8) is 0 Å². The number of carbonyl (C=O) groups excluding carboxylic acids is 1. The van der Waals surface area contributed by atoms with Crippen molar-refractivity contribution < 1.29 is 9.53 Å². The molecule has 13 heavy (non-hydrogen) atoms. The predicted octanol–water partition coefficient (Wildman–Crippen LogP) is 2.66. The number of amides is 1. The second-order valence-electron chi connectivity index (χ2n) is 3.11. The van der Waals surface area contributed by atoms with Gasteiger partial charge in [-0.1, -0.05) is 26.2 Å². The zero-order chi connectivity index (χ0) is 10.1. The Morgan fingerprint density at radius 2 is 1.92 bits per heavy atom. The van der Waals surface area contributed by atoms with E-state index in [2.05, 4.69) is 11.7 Å². The lowest BCUT2D eigenvalue weighted by molar-refractivity contribution is 0.125. The van der Waals surface area contributed by atoms with E-state index in [4.69, 9.17) is 0 Å². The molecule has 0 radical (unpaired) electrons. The molecular weight excluding hydrogens is 166 g/mol. The zero-order valence-corrected chi connectivity index (χ0v) is 9.01. The van der Waals surface area contributed by atoms with Crippen LogP contribution in [0.5, 0.6) is 0 Å². The smallest absolute Gasteiger partial charge is 0.409 e. The number of methoxy groups -OCH3 is 1. The minimum absolute atomic E-state index is 0.209. The molecule has 78 valence electrons. The molecule has 0 saturated carbocycles. The Kier molecular flexibility index (Phi) is 7.45. The molecule has 0 bridgehead atoms. The summed E-state index contributed by atoms with van der Waals surface area (Å²) in [6, 6.07) is 0. The van der Waals surface area contributed by atoms with E-state index in [1.807, 2.05) is 6.92 Å². The second-order valence-corrected chi connectivity index (χ2v) is 3.11. The quantitative estimate of drug-likeness (QED) is 0.598.